The average Bonchev–Trinajstić information content (AvgIpc) is 3.05. The lowest BCUT2D eigenvalue weighted by Gasteiger charge is -2.63. The summed E-state index contributed by atoms with van der Waals surface area (Å²) in [6.07, 6.45) is 6.46. The fourth-order valence-electron chi connectivity index (χ4n) is 9.23. The van der Waals surface area contributed by atoms with E-state index in [1.54, 1.807) is 13.8 Å². The number of Topliss-reactive ketones (excluding diaryl/α,β-unsaturated/α-hetero) is 2. The molecule has 42 heavy (non-hydrogen) atoms. The number of aliphatic hydroxyl groups excluding tert-OH is 1. The highest BCUT2D eigenvalue weighted by molar-refractivity contribution is 6.02. The van der Waals surface area contributed by atoms with Crippen molar-refractivity contribution in [1.82, 2.24) is 0 Å². The third-order valence-electron chi connectivity index (χ3n) is 11.5. The van der Waals surface area contributed by atoms with Crippen molar-refractivity contribution in [2.75, 3.05) is 6.61 Å². The minimum absolute atomic E-state index is 0.00537. The topological polar surface area (TPSA) is 127 Å². The number of carbonyl (C=O) groups is 4. The summed E-state index contributed by atoms with van der Waals surface area (Å²) in [4.78, 5) is 52.8. The van der Waals surface area contributed by atoms with Crippen molar-refractivity contribution in [3.63, 3.8) is 0 Å². The molecule has 0 aromatic heterocycles. The second-order valence-corrected chi connectivity index (χ2v) is 14.9. The predicted octanol–water partition coefficient (Wildman–Crippen LogP) is 4.67. The number of aliphatic hydroxyl groups is 2. The van der Waals surface area contributed by atoms with Crippen molar-refractivity contribution in [1.29, 1.82) is 0 Å². The first-order valence-corrected chi connectivity index (χ1v) is 15.1. The van der Waals surface area contributed by atoms with Gasteiger partial charge in [0.25, 0.3) is 0 Å². The van der Waals surface area contributed by atoms with Gasteiger partial charge in [0.05, 0.1) is 18.1 Å². The second kappa shape index (κ2) is 9.98. The number of esters is 1. The number of rotatable bonds is 7. The molecule has 4 aliphatic rings. The van der Waals surface area contributed by atoms with Gasteiger partial charge in [0.1, 0.15) is 17.0 Å². The third-order valence-corrected chi connectivity index (χ3v) is 11.5. The van der Waals surface area contributed by atoms with Crippen molar-refractivity contribution >= 4 is 23.3 Å². The molecule has 8 unspecified atom stereocenters. The molecule has 2 saturated carbocycles. The number of carbonyl (C=O) groups excluding carboxylic acids is 4. The molecule has 2 N–H and O–H groups in total. The first-order valence-electron chi connectivity index (χ1n) is 15.1. The minimum Gasteiger partial charge on any atom is -0.490 e. The van der Waals surface area contributed by atoms with Crippen LogP contribution in [0.1, 0.15) is 88.5 Å². The summed E-state index contributed by atoms with van der Waals surface area (Å²) in [5.74, 6) is -2.40. The molecule has 8 atom stereocenters. The Hall–Kier alpha value is -2.58. The van der Waals surface area contributed by atoms with Crippen molar-refractivity contribution < 1.29 is 38.9 Å². The predicted molar refractivity (Wildman–Crippen MR) is 157 cm³/mol. The fourth-order valence-corrected chi connectivity index (χ4v) is 9.23. The van der Waals surface area contributed by atoms with Gasteiger partial charge in [-0.1, -0.05) is 32.4 Å². The van der Waals surface area contributed by atoms with E-state index in [1.807, 2.05) is 40.7 Å². The van der Waals surface area contributed by atoms with E-state index in [2.05, 4.69) is 13.0 Å². The lowest BCUT2D eigenvalue weighted by molar-refractivity contribution is -0.179. The number of ketones is 3. The van der Waals surface area contributed by atoms with Gasteiger partial charge in [-0.2, -0.15) is 0 Å². The summed E-state index contributed by atoms with van der Waals surface area (Å²) in [6, 6.07) is 0. The van der Waals surface area contributed by atoms with E-state index in [0.29, 0.717) is 25.2 Å². The molecule has 0 spiro atoms. The van der Waals surface area contributed by atoms with E-state index in [0.717, 1.165) is 5.57 Å². The Bertz CT molecular complexity index is 1300. The number of allylic oxidation sites excluding steroid dienone is 4. The first kappa shape index (κ1) is 32.3. The molecule has 0 bridgehead atoms. The molecule has 0 heterocycles. The molecular formula is C34H48O8. The van der Waals surface area contributed by atoms with Gasteiger partial charge < -0.3 is 19.7 Å². The van der Waals surface area contributed by atoms with E-state index in [-0.39, 0.29) is 29.8 Å². The average molecular weight is 585 g/mol. The second-order valence-electron chi connectivity index (χ2n) is 14.9. The van der Waals surface area contributed by atoms with Crippen LogP contribution in [0, 0.1) is 39.4 Å². The Kier molecular flexibility index (Phi) is 7.68. The van der Waals surface area contributed by atoms with Crippen molar-refractivity contribution in [2.24, 2.45) is 39.4 Å². The molecule has 0 saturated heterocycles. The largest absolute Gasteiger partial charge is 0.490 e. The van der Waals surface area contributed by atoms with Crippen LogP contribution >= 0.6 is 0 Å². The summed E-state index contributed by atoms with van der Waals surface area (Å²) >= 11 is 0. The smallest absolute Gasteiger partial charge is 0.303 e. The van der Waals surface area contributed by atoms with Crippen LogP contribution < -0.4 is 0 Å². The molecule has 0 aromatic carbocycles. The monoisotopic (exact) mass is 584 g/mol. The van der Waals surface area contributed by atoms with Gasteiger partial charge in [-0.3, -0.25) is 19.2 Å². The zero-order chi connectivity index (χ0) is 31.8. The number of hydrogen-bond donors (Lipinski definition) is 2. The van der Waals surface area contributed by atoms with Crippen LogP contribution in [0.3, 0.4) is 0 Å². The van der Waals surface area contributed by atoms with Crippen molar-refractivity contribution in [3.05, 3.63) is 35.6 Å². The number of fused-ring (bicyclic) bond motifs is 5. The zero-order valence-electron chi connectivity index (χ0n) is 26.8. The van der Waals surface area contributed by atoms with E-state index in [1.165, 1.54) is 26.0 Å². The van der Waals surface area contributed by atoms with Gasteiger partial charge in [-0.05, 0) is 89.4 Å². The standard InChI is InChI=1S/C34H48O8/c1-11-41-23-16-21-20(30(5,6)28(23)39)12-13-24-31(7)17-22(36)27(32(31,8)18-26(38)33(21,24)9)34(10,40)25(37)14-15-29(3,4)42-19(2)35/h12,14-16,21-22,24,27,36,40H,11,13,17-18H2,1-10H3. The zero-order valence-corrected chi connectivity index (χ0v) is 26.8. The van der Waals surface area contributed by atoms with Gasteiger partial charge in [0.2, 0.25) is 5.78 Å². The molecule has 232 valence electrons. The fraction of sp³-hybridized carbons (Fsp3) is 0.706. The normalized spacial score (nSPS) is 39.0. The van der Waals surface area contributed by atoms with E-state index < -0.39 is 56.6 Å². The molecule has 4 rings (SSSR count). The maximum absolute atomic E-state index is 14.5. The summed E-state index contributed by atoms with van der Waals surface area (Å²) < 4.78 is 11.0. The van der Waals surface area contributed by atoms with Crippen LogP contribution in [0.15, 0.2) is 35.6 Å². The van der Waals surface area contributed by atoms with Crippen LogP contribution in [0.25, 0.3) is 0 Å². The Balaban J connectivity index is 1.77. The molecule has 4 aliphatic carbocycles. The van der Waals surface area contributed by atoms with Crippen LogP contribution in [0.4, 0.5) is 0 Å². The third kappa shape index (κ3) is 4.47. The van der Waals surface area contributed by atoms with Gasteiger partial charge in [0, 0.05) is 30.6 Å². The van der Waals surface area contributed by atoms with E-state index >= 15 is 0 Å². The Morgan fingerprint density at radius 2 is 1.71 bits per heavy atom. The van der Waals surface area contributed by atoms with Crippen LogP contribution in [-0.2, 0) is 28.7 Å². The summed E-state index contributed by atoms with van der Waals surface area (Å²) in [5.41, 5.74) is -5.33. The molecule has 2 fully saturated rings. The number of hydrogen-bond acceptors (Lipinski definition) is 8. The Morgan fingerprint density at radius 1 is 1.10 bits per heavy atom. The lowest BCUT2D eigenvalue weighted by atomic mass is 9.39. The van der Waals surface area contributed by atoms with Gasteiger partial charge in [-0.15, -0.1) is 0 Å². The summed E-state index contributed by atoms with van der Waals surface area (Å²) in [5, 5.41) is 23.4. The minimum atomic E-state index is -1.99. The highest BCUT2D eigenvalue weighted by atomic mass is 16.6. The first-order chi connectivity index (χ1) is 19.1. The molecule has 0 aliphatic heterocycles. The molecule has 0 radical (unpaired) electrons. The molecule has 0 amide bonds. The Labute approximate surface area is 249 Å². The summed E-state index contributed by atoms with van der Waals surface area (Å²) in [6.45, 7) is 17.9. The molecule has 0 aromatic rings. The number of ether oxygens (including phenoxy) is 2. The van der Waals surface area contributed by atoms with Crippen molar-refractivity contribution in [2.45, 2.75) is 106 Å². The van der Waals surface area contributed by atoms with E-state index in [4.69, 9.17) is 9.47 Å². The molecule has 8 heteroatoms. The quantitative estimate of drug-likeness (QED) is 0.251. The van der Waals surface area contributed by atoms with Gasteiger partial charge in [0.15, 0.2) is 11.5 Å². The Morgan fingerprint density at radius 3 is 2.29 bits per heavy atom. The van der Waals surface area contributed by atoms with Crippen LogP contribution in [0.2, 0.25) is 0 Å². The van der Waals surface area contributed by atoms with Crippen LogP contribution in [-0.4, -0.2) is 57.4 Å². The SMILES string of the molecule is CCOC1=CC2C(=CCC3C2(C)C(=O)CC2(C)C(C(C)(O)C(=O)C=CC(C)(C)OC(C)=O)C(O)CC32C)C(C)(C)C1=O. The highest BCUT2D eigenvalue weighted by Crippen LogP contribution is 2.73. The van der Waals surface area contributed by atoms with E-state index in [9.17, 15) is 29.4 Å². The maximum Gasteiger partial charge on any atom is 0.303 e. The summed E-state index contributed by atoms with van der Waals surface area (Å²) in [7, 11) is 0. The van der Waals surface area contributed by atoms with Crippen molar-refractivity contribution in [3.8, 4) is 0 Å². The molecule has 8 nitrogen and oxygen atoms in total. The molecular weight excluding hydrogens is 536 g/mol. The van der Waals surface area contributed by atoms with Gasteiger partial charge >= 0.3 is 5.97 Å². The van der Waals surface area contributed by atoms with Gasteiger partial charge in [-0.25, -0.2) is 0 Å². The van der Waals surface area contributed by atoms with Crippen LogP contribution in [0.5, 0.6) is 0 Å². The lowest BCUT2D eigenvalue weighted by Crippen LogP contribution is -2.64. The maximum atomic E-state index is 14.5. The highest BCUT2D eigenvalue weighted by Gasteiger charge is 2.74.